The zero-order valence-corrected chi connectivity index (χ0v) is 10.3. The quantitative estimate of drug-likeness (QED) is 0.542. The second-order valence-electron chi connectivity index (χ2n) is 5.01. The summed E-state index contributed by atoms with van der Waals surface area (Å²) in [5.74, 6) is -0.0733. The predicted molar refractivity (Wildman–Crippen MR) is 60.0 cm³/mol. The molecule has 0 fully saturated rings. The third-order valence-electron chi connectivity index (χ3n) is 2.17. The van der Waals surface area contributed by atoms with Crippen LogP contribution in [0.4, 0.5) is 4.79 Å². The number of hydrogen-bond donors (Lipinski definition) is 2. The molecule has 0 spiro atoms. The Bertz CT molecular complexity index is 266. The summed E-state index contributed by atoms with van der Waals surface area (Å²) in [4.78, 5) is 13.0. The summed E-state index contributed by atoms with van der Waals surface area (Å²) >= 11 is 0. The number of nitrogens with one attached hydrogen (secondary N) is 1. The molecule has 3 N–H and O–H groups in total. The average molecular weight is 215 g/mol. The minimum Gasteiger partial charge on any atom is -0.444 e. The van der Waals surface area contributed by atoms with Crippen LogP contribution in [0, 0.1) is 5.41 Å². The molecule has 0 aromatic rings. The van der Waals surface area contributed by atoms with Gasteiger partial charge < -0.3 is 10.5 Å². The molecule has 0 rings (SSSR count). The van der Waals surface area contributed by atoms with E-state index >= 15 is 0 Å². The molecule has 0 unspecified atom stereocenters. The van der Waals surface area contributed by atoms with Gasteiger partial charge in [0, 0.05) is 7.05 Å². The molecular weight excluding hydrogens is 194 g/mol. The maximum atomic E-state index is 11.7. The maximum absolute atomic E-state index is 11.7. The van der Waals surface area contributed by atoms with Crippen LogP contribution in [0.15, 0.2) is 0 Å². The first-order valence-electron chi connectivity index (χ1n) is 4.80. The molecule has 15 heavy (non-hydrogen) atoms. The standard InChI is InChI=1S/C10H21N3O2/c1-9(2,3)15-8(14)13(6)10(4,5)7(11)12/h1-6H3,(H3,11,12). The molecule has 0 aliphatic heterocycles. The zero-order chi connectivity index (χ0) is 12.4. The van der Waals surface area contributed by atoms with Crippen LogP contribution in [0.25, 0.3) is 0 Å². The molecule has 88 valence electrons. The Balaban J connectivity index is 4.66. The number of ether oxygens (including phenoxy) is 1. The van der Waals surface area contributed by atoms with Crippen molar-refractivity contribution in [2.75, 3.05) is 7.05 Å². The number of nitrogens with zero attached hydrogens (tertiary/aromatic N) is 1. The van der Waals surface area contributed by atoms with Gasteiger partial charge in [-0.25, -0.2) is 4.79 Å². The molecule has 0 aromatic carbocycles. The molecule has 0 aromatic heterocycles. The van der Waals surface area contributed by atoms with E-state index in [1.165, 1.54) is 4.90 Å². The van der Waals surface area contributed by atoms with Crippen molar-refractivity contribution in [1.29, 1.82) is 5.41 Å². The summed E-state index contributed by atoms with van der Waals surface area (Å²) in [5.41, 5.74) is 4.03. The highest BCUT2D eigenvalue weighted by molar-refractivity contribution is 5.89. The lowest BCUT2D eigenvalue weighted by Crippen LogP contribution is -2.54. The fourth-order valence-electron chi connectivity index (χ4n) is 0.739. The third kappa shape index (κ3) is 3.77. The number of carbonyl (C=O) groups excluding carboxylic acids is 1. The van der Waals surface area contributed by atoms with Crippen LogP contribution >= 0.6 is 0 Å². The van der Waals surface area contributed by atoms with Gasteiger partial charge in [0.15, 0.2) is 0 Å². The molecule has 0 saturated heterocycles. The Hall–Kier alpha value is -1.26. The van der Waals surface area contributed by atoms with Crippen LogP contribution in [0.5, 0.6) is 0 Å². The summed E-state index contributed by atoms with van der Waals surface area (Å²) in [5, 5.41) is 7.38. The van der Waals surface area contributed by atoms with Crippen LogP contribution < -0.4 is 5.73 Å². The van der Waals surface area contributed by atoms with E-state index in [0.29, 0.717) is 0 Å². The highest BCUT2D eigenvalue weighted by Crippen LogP contribution is 2.16. The largest absolute Gasteiger partial charge is 0.444 e. The van der Waals surface area contributed by atoms with Crippen LogP contribution in [-0.2, 0) is 4.74 Å². The molecule has 5 nitrogen and oxygen atoms in total. The van der Waals surface area contributed by atoms with Gasteiger partial charge in [-0.2, -0.15) is 0 Å². The van der Waals surface area contributed by atoms with Gasteiger partial charge in [0.2, 0.25) is 0 Å². The van der Waals surface area contributed by atoms with Crippen molar-refractivity contribution >= 4 is 11.9 Å². The maximum Gasteiger partial charge on any atom is 0.410 e. The van der Waals surface area contributed by atoms with Gasteiger partial charge in [-0.15, -0.1) is 0 Å². The van der Waals surface area contributed by atoms with E-state index in [1.54, 1.807) is 41.7 Å². The van der Waals surface area contributed by atoms with Crippen LogP contribution in [-0.4, -0.2) is 35.0 Å². The summed E-state index contributed by atoms with van der Waals surface area (Å²) in [6, 6.07) is 0. The first-order valence-corrected chi connectivity index (χ1v) is 4.80. The molecule has 5 heteroatoms. The van der Waals surface area contributed by atoms with Crippen LogP contribution in [0.3, 0.4) is 0 Å². The second kappa shape index (κ2) is 4.08. The van der Waals surface area contributed by atoms with Gasteiger partial charge in [0.1, 0.15) is 11.4 Å². The van der Waals surface area contributed by atoms with Crippen molar-refractivity contribution in [1.82, 2.24) is 4.90 Å². The van der Waals surface area contributed by atoms with Gasteiger partial charge in [-0.3, -0.25) is 10.3 Å². The lowest BCUT2D eigenvalue weighted by Gasteiger charge is -2.35. The summed E-state index contributed by atoms with van der Waals surface area (Å²) in [7, 11) is 1.56. The minimum atomic E-state index is -0.831. The number of hydrogen-bond acceptors (Lipinski definition) is 3. The number of nitrogens with two attached hydrogens (primary N) is 1. The van der Waals surface area contributed by atoms with Crippen LogP contribution in [0.1, 0.15) is 34.6 Å². The van der Waals surface area contributed by atoms with Gasteiger partial charge in [-0.1, -0.05) is 0 Å². The molecule has 0 aliphatic carbocycles. The monoisotopic (exact) mass is 215 g/mol. The SMILES string of the molecule is CN(C(=O)OC(C)(C)C)C(C)(C)C(=N)N. The lowest BCUT2D eigenvalue weighted by molar-refractivity contribution is 0.0194. The molecule has 0 saturated carbocycles. The molecule has 0 heterocycles. The summed E-state index contributed by atoms with van der Waals surface area (Å²) < 4.78 is 5.17. The number of amidine groups is 1. The first-order chi connectivity index (χ1) is 6.48. The Morgan fingerprint density at radius 2 is 1.67 bits per heavy atom. The van der Waals surface area contributed by atoms with E-state index in [0.717, 1.165) is 0 Å². The van der Waals surface area contributed by atoms with Gasteiger partial charge in [-0.05, 0) is 34.6 Å². The fourth-order valence-corrected chi connectivity index (χ4v) is 0.739. The number of likely N-dealkylation sites (N-methyl/N-ethyl adjacent to an activating group) is 1. The van der Waals surface area contributed by atoms with E-state index in [-0.39, 0.29) is 5.84 Å². The highest BCUT2D eigenvalue weighted by atomic mass is 16.6. The number of rotatable bonds is 2. The van der Waals surface area contributed by atoms with E-state index in [9.17, 15) is 4.79 Å². The predicted octanol–water partition coefficient (Wildman–Crippen LogP) is 1.57. The minimum absolute atomic E-state index is 0.0733. The van der Waals surface area contributed by atoms with Crippen molar-refractivity contribution in [3.63, 3.8) is 0 Å². The molecule has 0 bridgehead atoms. The Morgan fingerprint density at radius 3 is 1.93 bits per heavy atom. The molecular formula is C10H21N3O2. The Morgan fingerprint density at radius 1 is 1.27 bits per heavy atom. The normalized spacial score (nSPS) is 12.1. The molecule has 1 amide bonds. The van der Waals surface area contributed by atoms with Crippen molar-refractivity contribution in [2.45, 2.75) is 45.8 Å². The van der Waals surface area contributed by atoms with Crippen molar-refractivity contribution in [3.8, 4) is 0 Å². The Kier molecular flexibility index (Phi) is 3.74. The van der Waals surface area contributed by atoms with E-state index in [1.807, 2.05) is 0 Å². The zero-order valence-electron chi connectivity index (χ0n) is 10.3. The molecule has 0 atom stereocenters. The molecule has 0 aliphatic rings. The van der Waals surface area contributed by atoms with Gasteiger partial charge >= 0.3 is 6.09 Å². The topological polar surface area (TPSA) is 79.4 Å². The van der Waals surface area contributed by atoms with Crippen LogP contribution in [0.2, 0.25) is 0 Å². The molecule has 0 radical (unpaired) electrons. The van der Waals surface area contributed by atoms with Gasteiger partial charge in [0.25, 0.3) is 0 Å². The van der Waals surface area contributed by atoms with Crippen molar-refractivity contribution in [2.24, 2.45) is 5.73 Å². The summed E-state index contributed by atoms with van der Waals surface area (Å²) in [6.45, 7) is 8.76. The Labute approximate surface area is 91.1 Å². The fraction of sp³-hybridized carbons (Fsp3) is 0.800. The summed E-state index contributed by atoms with van der Waals surface area (Å²) in [6.07, 6.45) is -0.484. The average Bonchev–Trinajstić information content (AvgIpc) is 1.99. The highest BCUT2D eigenvalue weighted by Gasteiger charge is 2.33. The first kappa shape index (κ1) is 13.7. The van der Waals surface area contributed by atoms with E-state index in [2.05, 4.69) is 0 Å². The smallest absolute Gasteiger partial charge is 0.410 e. The van der Waals surface area contributed by atoms with E-state index < -0.39 is 17.2 Å². The van der Waals surface area contributed by atoms with Gasteiger partial charge in [0.05, 0.1) is 5.54 Å². The van der Waals surface area contributed by atoms with E-state index in [4.69, 9.17) is 15.9 Å². The third-order valence-corrected chi connectivity index (χ3v) is 2.17. The second-order valence-corrected chi connectivity index (χ2v) is 5.01. The van der Waals surface area contributed by atoms with Crippen molar-refractivity contribution < 1.29 is 9.53 Å². The number of carbonyl (C=O) groups is 1. The lowest BCUT2D eigenvalue weighted by atomic mass is 10.0. The number of amides is 1. The van der Waals surface area contributed by atoms with Crippen molar-refractivity contribution in [3.05, 3.63) is 0 Å².